The van der Waals surface area contributed by atoms with Crippen LogP contribution in [0, 0.1) is 0 Å². The molecule has 2 rings (SSSR count). The average molecular weight is 411 g/mol. The highest BCUT2D eigenvalue weighted by molar-refractivity contribution is 5.88. The van der Waals surface area contributed by atoms with Crippen molar-refractivity contribution >= 4 is 11.8 Å². The molecule has 30 heavy (non-hydrogen) atoms. The molecule has 2 aromatic carbocycles. The Labute approximate surface area is 180 Å². The standard InChI is InChI=1S/C25H34N2O3/c1-5-11-24(28)27(18-21-14-10-15-22(16-21)30-4)23(25(29)26-19(3)6-2)17-20-12-8-7-9-13-20/h7-10,12-16,19,23H,5-6,11,17-18H2,1-4H3,(H,26,29)/t19-,23+/m0/s1. The smallest absolute Gasteiger partial charge is 0.243 e. The van der Waals surface area contributed by atoms with Crippen molar-refractivity contribution in [2.45, 2.75) is 65.1 Å². The van der Waals surface area contributed by atoms with Gasteiger partial charge in [-0.1, -0.05) is 56.3 Å². The number of carbonyl (C=O) groups is 2. The van der Waals surface area contributed by atoms with Gasteiger partial charge in [0.1, 0.15) is 11.8 Å². The SMILES string of the molecule is CCCC(=O)N(Cc1cccc(OC)c1)[C@H](Cc1ccccc1)C(=O)N[C@@H](C)CC. The highest BCUT2D eigenvalue weighted by atomic mass is 16.5. The monoisotopic (exact) mass is 410 g/mol. The van der Waals surface area contributed by atoms with Crippen LogP contribution in [-0.4, -0.2) is 35.9 Å². The maximum absolute atomic E-state index is 13.3. The van der Waals surface area contributed by atoms with E-state index in [-0.39, 0.29) is 17.9 Å². The minimum atomic E-state index is -0.577. The van der Waals surface area contributed by atoms with Crippen LogP contribution in [-0.2, 0) is 22.6 Å². The minimum Gasteiger partial charge on any atom is -0.497 e. The summed E-state index contributed by atoms with van der Waals surface area (Å²) >= 11 is 0. The minimum absolute atomic E-state index is 0.0134. The number of methoxy groups -OCH3 is 1. The lowest BCUT2D eigenvalue weighted by molar-refractivity contribution is -0.141. The van der Waals surface area contributed by atoms with Crippen LogP contribution in [0.5, 0.6) is 5.75 Å². The lowest BCUT2D eigenvalue weighted by Crippen LogP contribution is -2.52. The summed E-state index contributed by atoms with van der Waals surface area (Å²) in [6, 6.07) is 17.0. The van der Waals surface area contributed by atoms with Gasteiger partial charge in [0.2, 0.25) is 11.8 Å². The molecule has 1 N–H and O–H groups in total. The Kier molecular flexibility index (Phi) is 9.39. The van der Waals surface area contributed by atoms with Gasteiger partial charge in [-0.05, 0) is 43.0 Å². The van der Waals surface area contributed by atoms with E-state index in [0.717, 1.165) is 29.7 Å². The molecule has 162 valence electrons. The van der Waals surface area contributed by atoms with E-state index in [9.17, 15) is 9.59 Å². The Morgan fingerprint density at radius 3 is 2.37 bits per heavy atom. The zero-order valence-electron chi connectivity index (χ0n) is 18.6. The third-order valence-corrected chi connectivity index (χ3v) is 5.22. The molecule has 0 heterocycles. The van der Waals surface area contributed by atoms with Crippen LogP contribution in [0.4, 0.5) is 0 Å². The number of benzene rings is 2. The molecule has 0 aromatic heterocycles. The molecule has 0 fully saturated rings. The van der Waals surface area contributed by atoms with Gasteiger partial charge < -0.3 is 15.0 Å². The van der Waals surface area contributed by atoms with Crippen molar-refractivity contribution in [1.29, 1.82) is 0 Å². The summed E-state index contributed by atoms with van der Waals surface area (Å²) < 4.78 is 5.33. The van der Waals surface area contributed by atoms with Crippen LogP contribution in [0.15, 0.2) is 54.6 Å². The quantitative estimate of drug-likeness (QED) is 0.599. The van der Waals surface area contributed by atoms with Crippen LogP contribution in [0.25, 0.3) is 0 Å². The number of amides is 2. The molecule has 2 aromatic rings. The predicted molar refractivity (Wildman–Crippen MR) is 120 cm³/mol. The first-order valence-corrected chi connectivity index (χ1v) is 10.7. The maximum Gasteiger partial charge on any atom is 0.243 e. The Balaban J connectivity index is 2.38. The number of nitrogens with zero attached hydrogens (tertiary/aromatic N) is 1. The van der Waals surface area contributed by atoms with Gasteiger partial charge in [0.05, 0.1) is 7.11 Å². The van der Waals surface area contributed by atoms with Crippen molar-refractivity contribution in [3.63, 3.8) is 0 Å². The van der Waals surface area contributed by atoms with E-state index >= 15 is 0 Å². The second-order valence-electron chi connectivity index (χ2n) is 7.65. The van der Waals surface area contributed by atoms with E-state index in [0.29, 0.717) is 19.4 Å². The van der Waals surface area contributed by atoms with Crippen molar-refractivity contribution < 1.29 is 14.3 Å². The normalized spacial score (nSPS) is 12.7. The van der Waals surface area contributed by atoms with Crippen molar-refractivity contribution in [1.82, 2.24) is 10.2 Å². The molecule has 0 bridgehead atoms. The van der Waals surface area contributed by atoms with Crippen molar-refractivity contribution in [2.24, 2.45) is 0 Å². The number of ether oxygens (including phenoxy) is 1. The first-order valence-electron chi connectivity index (χ1n) is 10.7. The molecule has 5 heteroatoms. The molecule has 5 nitrogen and oxygen atoms in total. The third kappa shape index (κ3) is 6.90. The van der Waals surface area contributed by atoms with Crippen LogP contribution in [0.3, 0.4) is 0 Å². The van der Waals surface area contributed by atoms with Crippen molar-refractivity contribution in [3.05, 3.63) is 65.7 Å². The number of hydrogen-bond donors (Lipinski definition) is 1. The molecule has 0 aliphatic heterocycles. The van der Waals surface area contributed by atoms with Gasteiger partial charge in [-0.3, -0.25) is 9.59 Å². The fraction of sp³-hybridized carbons (Fsp3) is 0.440. The lowest BCUT2D eigenvalue weighted by atomic mass is 10.0. The summed E-state index contributed by atoms with van der Waals surface area (Å²) in [5, 5.41) is 3.08. The van der Waals surface area contributed by atoms with Crippen LogP contribution in [0.1, 0.15) is 51.2 Å². The summed E-state index contributed by atoms with van der Waals surface area (Å²) in [6.07, 6.45) is 2.45. The molecule has 0 spiro atoms. The molecular weight excluding hydrogens is 376 g/mol. The van der Waals surface area contributed by atoms with Gasteiger partial charge in [0, 0.05) is 25.4 Å². The van der Waals surface area contributed by atoms with Crippen LogP contribution < -0.4 is 10.1 Å². The second-order valence-corrected chi connectivity index (χ2v) is 7.65. The number of carbonyl (C=O) groups excluding carboxylic acids is 2. The fourth-order valence-electron chi connectivity index (χ4n) is 3.32. The molecule has 0 unspecified atom stereocenters. The number of rotatable bonds is 11. The van der Waals surface area contributed by atoms with Gasteiger partial charge in [-0.15, -0.1) is 0 Å². The zero-order valence-corrected chi connectivity index (χ0v) is 18.6. The largest absolute Gasteiger partial charge is 0.497 e. The van der Waals surface area contributed by atoms with Crippen LogP contribution in [0.2, 0.25) is 0 Å². The Morgan fingerprint density at radius 1 is 1.03 bits per heavy atom. The Bertz CT molecular complexity index is 807. The highest BCUT2D eigenvalue weighted by Crippen LogP contribution is 2.19. The number of hydrogen-bond acceptors (Lipinski definition) is 3. The van der Waals surface area contributed by atoms with Gasteiger partial charge in [-0.25, -0.2) is 0 Å². The molecule has 0 aliphatic rings. The van der Waals surface area contributed by atoms with E-state index < -0.39 is 6.04 Å². The molecule has 0 saturated heterocycles. The van der Waals surface area contributed by atoms with Crippen molar-refractivity contribution in [2.75, 3.05) is 7.11 Å². The maximum atomic E-state index is 13.3. The van der Waals surface area contributed by atoms with Gasteiger partial charge >= 0.3 is 0 Å². The summed E-state index contributed by atoms with van der Waals surface area (Å²) in [5.41, 5.74) is 1.97. The Morgan fingerprint density at radius 2 is 1.73 bits per heavy atom. The zero-order chi connectivity index (χ0) is 21.9. The highest BCUT2D eigenvalue weighted by Gasteiger charge is 2.30. The van der Waals surface area contributed by atoms with Gasteiger partial charge in [0.15, 0.2) is 0 Å². The van der Waals surface area contributed by atoms with Crippen molar-refractivity contribution in [3.8, 4) is 5.75 Å². The van der Waals surface area contributed by atoms with E-state index in [1.807, 2.05) is 75.4 Å². The molecule has 0 aliphatic carbocycles. The van der Waals surface area contributed by atoms with E-state index in [2.05, 4.69) is 5.32 Å². The molecule has 0 radical (unpaired) electrons. The first kappa shape index (κ1) is 23.5. The first-order chi connectivity index (χ1) is 14.5. The van der Waals surface area contributed by atoms with E-state index in [1.165, 1.54) is 0 Å². The fourth-order valence-corrected chi connectivity index (χ4v) is 3.32. The third-order valence-electron chi connectivity index (χ3n) is 5.22. The Hall–Kier alpha value is -2.82. The van der Waals surface area contributed by atoms with E-state index in [1.54, 1.807) is 12.0 Å². The van der Waals surface area contributed by atoms with Gasteiger partial charge in [0.25, 0.3) is 0 Å². The molecule has 0 saturated carbocycles. The molecule has 2 atom stereocenters. The van der Waals surface area contributed by atoms with Crippen LogP contribution >= 0.6 is 0 Å². The van der Waals surface area contributed by atoms with Gasteiger partial charge in [-0.2, -0.15) is 0 Å². The molecular formula is C25H34N2O3. The number of nitrogens with one attached hydrogen (secondary N) is 1. The average Bonchev–Trinajstić information content (AvgIpc) is 2.76. The second kappa shape index (κ2) is 12.0. The predicted octanol–water partition coefficient (Wildman–Crippen LogP) is 4.35. The lowest BCUT2D eigenvalue weighted by Gasteiger charge is -2.32. The summed E-state index contributed by atoms with van der Waals surface area (Å²) in [5.74, 6) is 0.611. The molecule has 2 amide bonds. The summed E-state index contributed by atoms with van der Waals surface area (Å²) in [7, 11) is 1.62. The topological polar surface area (TPSA) is 58.6 Å². The van der Waals surface area contributed by atoms with E-state index in [4.69, 9.17) is 4.74 Å². The summed E-state index contributed by atoms with van der Waals surface area (Å²) in [6.45, 7) is 6.36. The summed E-state index contributed by atoms with van der Waals surface area (Å²) in [4.78, 5) is 28.1.